The van der Waals surface area contributed by atoms with Gasteiger partial charge in [0.2, 0.25) is 11.8 Å². The lowest BCUT2D eigenvalue weighted by molar-refractivity contribution is -0.132. The lowest BCUT2D eigenvalue weighted by Crippen LogP contribution is -2.54. The molecule has 1 aliphatic heterocycles. The van der Waals surface area contributed by atoms with E-state index in [0.29, 0.717) is 22.3 Å². The van der Waals surface area contributed by atoms with Gasteiger partial charge in [0.05, 0.1) is 16.1 Å². The molecule has 1 aromatic carbocycles. The number of halogens is 2. The van der Waals surface area contributed by atoms with Gasteiger partial charge in [-0.25, -0.2) is 4.98 Å². The van der Waals surface area contributed by atoms with E-state index in [9.17, 15) is 9.59 Å². The Morgan fingerprint density at radius 1 is 1.06 bits per heavy atom. The summed E-state index contributed by atoms with van der Waals surface area (Å²) in [5, 5.41) is 6.67. The molecule has 0 radical (unpaired) electrons. The third kappa shape index (κ3) is 6.82. The molecule has 7 nitrogen and oxygen atoms in total. The fourth-order valence-corrected chi connectivity index (χ4v) is 4.05. The number of anilines is 1. The predicted molar refractivity (Wildman–Crippen MR) is 127 cm³/mol. The van der Waals surface area contributed by atoms with Crippen LogP contribution >= 0.6 is 23.2 Å². The van der Waals surface area contributed by atoms with Gasteiger partial charge < -0.3 is 16.4 Å². The van der Waals surface area contributed by atoms with Gasteiger partial charge in [0.15, 0.2) is 0 Å². The highest BCUT2D eigenvalue weighted by atomic mass is 35.5. The lowest BCUT2D eigenvalue weighted by atomic mass is 10.0. The second-order valence-corrected chi connectivity index (χ2v) is 8.91. The highest BCUT2D eigenvalue weighted by Gasteiger charge is 2.27. The number of rotatable bonds is 8. The molecule has 1 aromatic heterocycles. The first-order valence-corrected chi connectivity index (χ1v) is 11.6. The summed E-state index contributed by atoms with van der Waals surface area (Å²) in [7, 11) is 0. The van der Waals surface area contributed by atoms with E-state index in [4.69, 9.17) is 28.9 Å². The zero-order chi connectivity index (χ0) is 23.1. The molecule has 2 aromatic rings. The summed E-state index contributed by atoms with van der Waals surface area (Å²) in [5.74, 6) is -0.0371. The first-order chi connectivity index (χ1) is 15.3. The highest BCUT2D eigenvalue weighted by molar-refractivity contribution is 6.42. The third-order valence-electron chi connectivity index (χ3n) is 5.69. The van der Waals surface area contributed by atoms with Crippen molar-refractivity contribution in [1.82, 2.24) is 20.5 Å². The average Bonchev–Trinajstić information content (AvgIpc) is 2.80. The first kappa shape index (κ1) is 24.3. The minimum atomic E-state index is -0.756. The van der Waals surface area contributed by atoms with Crippen LogP contribution in [0.3, 0.4) is 0 Å². The zero-order valence-electron chi connectivity index (χ0n) is 18.1. The molecule has 2 amide bonds. The van der Waals surface area contributed by atoms with Gasteiger partial charge in [-0.05, 0) is 62.2 Å². The molecule has 0 spiro atoms. The molecule has 0 saturated carbocycles. The van der Waals surface area contributed by atoms with Crippen molar-refractivity contribution in [3.8, 4) is 0 Å². The molecule has 0 bridgehead atoms. The largest absolute Gasteiger partial charge is 0.384 e. The van der Waals surface area contributed by atoms with E-state index >= 15 is 0 Å². The van der Waals surface area contributed by atoms with Crippen molar-refractivity contribution >= 4 is 40.8 Å². The maximum absolute atomic E-state index is 13.0. The number of hydrogen-bond donors (Lipinski definition) is 3. The van der Waals surface area contributed by atoms with E-state index in [1.54, 1.807) is 36.5 Å². The summed E-state index contributed by atoms with van der Waals surface area (Å²) in [6.07, 6.45) is 5.26. The van der Waals surface area contributed by atoms with Crippen LogP contribution in [0.1, 0.15) is 37.3 Å². The quantitative estimate of drug-likeness (QED) is 0.541. The SMILES string of the molecule is C[C@H](C(=O)N[C@@H](Cc1ccc(Cl)c(Cl)c1)C(=O)NCc1ccc(N)nc1)N1CCCCC1. The molecule has 172 valence electrons. The van der Waals surface area contributed by atoms with E-state index in [1.807, 2.05) is 6.92 Å². The van der Waals surface area contributed by atoms with Gasteiger partial charge in [0.25, 0.3) is 0 Å². The molecular formula is C23H29Cl2N5O2. The van der Waals surface area contributed by atoms with Crippen molar-refractivity contribution in [3.05, 3.63) is 57.7 Å². The van der Waals surface area contributed by atoms with Gasteiger partial charge in [-0.1, -0.05) is 41.8 Å². The average molecular weight is 478 g/mol. The number of amides is 2. The number of aromatic nitrogens is 1. The molecule has 2 heterocycles. The molecule has 0 aliphatic carbocycles. The molecule has 3 rings (SSSR count). The van der Waals surface area contributed by atoms with E-state index in [0.717, 1.165) is 37.1 Å². The van der Waals surface area contributed by atoms with Crippen molar-refractivity contribution in [3.63, 3.8) is 0 Å². The summed E-state index contributed by atoms with van der Waals surface area (Å²) in [4.78, 5) is 32.2. The summed E-state index contributed by atoms with van der Waals surface area (Å²) in [6.45, 7) is 3.95. The number of piperidine rings is 1. The number of nitrogens with one attached hydrogen (secondary N) is 2. The predicted octanol–water partition coefficient (Wildman–Crippen LogP) is 3.19. The highest BCUT2D eigenvalue weighted by Crippen LogP contribution is 2.23. The molecule has 4 N–H and O–H groups in total. The number of pyridine rings is 1. The second-order valence-electron chi connectivity index (χ2n) is 8.10. The van der Waals surface area contributed by atoms with Gasteiger partial charge in [0, 0.05) is 19.2 Å². The van der Waals surface area contributed by atoms with Crippen LogP contribution in [-0.2, 0) is 22.6 Å². The van der Waals surface area contributed by atoms with E-state index < -0.39 is 6.04 Å². The normalized spacial score (nSPS) is 16.2. The lowest BCUT2D eigenvalue weighted by Gasteiger charge is -2.32. The van der Waals surface area contributed by atoms with E-state index in [1.165, 1.54) is 6.42 Å². The molecule has 0 unspecified atom stereocenters. The zero-order valence-corrected chi connectivity index (χ0v) is 19.6. The van der Waals surface area contributed by atoms with E-state index in [2.05, 4.69) is 20.5 Å². The Morgan fingerprint density at radius 3 is 2.44 bits per heavy atom. The summed E-state index contributed by atoms with van der Waals surface area (Å²) in [5.41, 5.74) is 7.23. The second kappa shape index (κ2) is 11.5. The number of nitrogens with zero attached hydrogens (tertiary/aromatic N) is 2. The molecule has 1 aliphatic rings. The van der Waals surface area contributed by atoms with Crippen LogP contribution in [0.5, 0.6) is 0 Å². The maximum atomic E-state index is 13.0. The Labute approximate surface area is 198 Å². The van der Waals surface area contributed by atoms with Crippen molar-refractivity contribution in [2.75, 3.05) is 18.8 Å². The first-order valence-electron chi connectivity index (χ1n) is 10.8. The summed E-state index contributed by atoms with van der Waals surface area (Å²) in [6, 6.07) is 7.62. The number of carbonyl (C=O) groups is 2. The van der Waals surface area contributed by atoms with Gasteiger partial charge in [-0.2, -0.15) is 0 Å². The number of carbonyl (C=O) groups excluding carboxylic acids is 2. The van der Waals surface area contributed by atoms with Crippen LogP contribution in [0.4, 0.5) is 5.82 Å². The van der Waals surface area contributed by atoms with Gasteiger partial charge in [-0.15, -0.1) is 0 Å². The van der Waals surface area contributed by atoms with Crippen LogP contribution in [0.2, 0.25) is 10.0 Å². The number of nitrogen functional groups attached to an aromatic ring is 1. The van der Waals surface area contributed by atoms with Crippen LogP contribution in [-0.4, -0.2) is 46.9 Å². The third-order valence-corrected chi connectivity index (χ3v) is 6.43. The molecule has 1 fully saturated rings. The van der Waals surface area contributed by atoms with Crippen LogP contribution in [0.25, 0.3) is 0 Å². The van der Waals surface area contributed by atoms with Crippen molar-refractivity contribution in [2.45, 2.75) is 51.2 Å². The van der Waals surface area contributed by atoms with Crippen molar-refractivity contribution < 1.29 is 9.59 Å². The number of nitrogens with two attached hydrogens (primary N) is 1. The Bertz CT molecular complexity index is 932. The Hall–Kier alpha value is -2.35. The molecular weight excluding hydrogens is 449 g/mol. The van der Waals surface area contributed by atoms with Crippen molar-refractivity contribution in [1.29, 1.82) is 0 Å². The standard InChI is InChI=1S/C23H29Cl2N5O2/c1-15(30-9-3-2-4-10-30)22(31)29-20(12-16-5-7-18(24)19(25)11-16)23(32)28-14-17-6-8-21(26)27-13-17/h5-8,11,13,15,20H,2-4,9-10,12,14H2,1H3,(H2,26,27)(H,28,32)(H,29,31)/t15-,20+/m1/s1. The summed E-state index contributed by atoms with van der Waals surface area (Å²) >= 11 is 12.2. The van der Waals surface area contributed by atoms with Crippen LogP contribution < -0.4 is 16.4 Å². The number of likely N-dealkylation sites (tertiary alicyclic amines) is 1. The topological polar surface area (TPSA) is 100 Å². The molecule has 2 atom stereocenters. The summed E-state index contributed by atoms with van der Waals surface area (Å²) < 4.78 is 0. The molecule has 1 saturated heterocycles. The number of hydrogen-bond acceptors (Lipinski definition) is 5. The van der Waals surface area contributed by atoms with Gasteiger partial charge >= 0.3 is 0 Å². The minimum absolute atomic E-state index is 0.165. The maximum Gasteiger partial charge on any atom is 0.243 e. The fraction of sp³-hybridized carbons (Fsp3) is 0.435. The fourth-order valence-electron chi connectivity index (χ4n) is 3.73. The van der Waals surface area contributed by atoms with E-state index in [-0.39, 0.29) is 24.4 Å². The molecule has 9 heteroatoms. The Morgan fingerprint density at radius 2 is 1.78 bits per heavy atom. The van der Waals surface area contributed by atoms with Crippen LogP contribution in [0.15, 0.2) is 36.5 Å². The van der Waals surface area contributed by atoms with Crippen molar-refractivity contribution in [2.24, 2.45) is 0 Å². The minimum Gasteiger partial charge on any atom is -0.384 e. The molecule has 32 heavy (non-hydrogen) atoms. The number of benzene rings is 1. The monoisotopic (exact) mass is 477 g/mol. The smallest absolute Gasteiger partial charge is 0.243 e. The Kier molecular flexibility index (Phi) is 8.73. The Balaban J connectivity index is 1.70. The van der Waals surface area contributed by atoms with Gasteiger partial charge in [0.1, 0.15) is 11.9 Å². The van der Waals surface area contributed by atoms with Gasteiger partial charge in [-0.3, -0.25) is 14.5 Å². The van der Waals surface area contributed by atoms with Crippen LogP contribution in [0, 0.1) is 0 Å².